The van der Waals surface area contributed by atoms with Gasteiger partial charge in [0, 0.05) is 31.3 Å². The molecule has 0 unspecified atom stereocenters. The van der Waals surface area contributed by atoms with Crippen LogP contribution in [0.3, 0.4) is 0 Å². The molecule has 0 bridgehead atoms. The fourth-order valence-corrected chi connectivity index (χ4v) is 3.42. The summed E-state index contributed by atoms with van der Waals surface area (Å²) in [6, 6.07) is 4.49. The molecule has 1 aliphatic heterocycles. The van der Waals surface area contributed by atoms with Crippen molar-refractivity contribution < 1.29 is 18.1 Å². The molecule has 1 heterocycles. The number of piperidine rings is 1. The molecular formula is C13H19N3O5S. The molecule has 1 aromatic carbocycles. The van der Waals surface area contributed by atoms with Gasteiger partial charge < -0.3 is 9.64 Å². The monoisotopic (exact) mass is 329 g/mol. The summed E-state index contributed by atoms with van der Waals surface area (Å²) in [5.41, 5.74) is 0.525. The normalized spacial score (nSPS) is 16.5. The van der Waals surface area contributed by atoms with Gasteiger partial charge in [-0.25, -0.2) is 13.1 Å². The third-order valence-electron chi connectivity index (χ3n) is 3.60. The molecule has 1 aliphatic rings. The fraction of sp³-hybridized carbons (Fsp3) is 0.538. The Morgan fingerprint density at radius 3 is 2.50 bits per heavy atom. The van der Waals surface area contributed by atoms with Crippen molar-refractivity contribution in [3.8, 4) is 5.75 Å². The second-order valence-electron chi connectivity index (χ2n) is 5.26. The number of rotatable bonds is 5. The molecule has 1 aromatic rings. The maximum Gasteiger partial charge on any atom is 0.292 e. The summed E-state index contributed by atoms with van der Waals surface area (Å²) >= 11 is 0. The maximum absolute atomic E-state index is 11.2. The lowest BCUT2D eigenvalue weighted by Crippen LogP contribution is -2.44. The summed E-state index contributed by atoms with van der Waals surface area (Å²) in [6.07, 6.45) is 2.33. The molecule has 9 heteroatoms. The van der Waals surface area contributed by atoms with E-state index in [4.69, 9.17) is 4.74 Å². The lowest BCUT2D eigenvalue weighted by Gasteiger charge is -2.33. The molecule has 0 saturated carbocycles. The second kappa shape index (κ2) is 6.49. The van der Waals surface area contributed by atoms with E-state index in [2.05, 4.69) is 4.72 Å². The van der Waals surface area contributed by atoms with Crippen LogP contribution in [0.1, 0.15) is 12.8 Å². The summed E-state index contributed by atoms with van der Waals surface area (Å²) in [6.45, 7) is 1.09. The average Bonchev–Trinajstić information content (AvgIpc) is 2.45. The number of ether oxygens (including phenoxy) is 1. The van der Waals surface area contributed by atoms with Gasteiger partial charge in [0.15, 0.2) is 0 Å². The molecule has 2 rings (SSSR count). The minimum atomic E-state index is -3.23. The molecule has 0 aromatic heterocycles. The van der Waals surface area contributed by atoms with Gasteiger partial charge in [0.05, 0.1) is 18.3 Å². The second-order valence-corrected chi connectivity index (χ2v) is 7.04. The van der Waals surface area contributed by atoms with Gasteiger partial charge >= 0.3 is 0 Å². The van der Waals surface area contributed by atoms with Crippen molar-refractivity contribution in [2.75, 3.05) is 31.4 Å². The number of nitro groups is 1. The molecule has 1 fully saturated rings. The van der Waals surface area contributed by atoms with E-state index in [1.807, 2.05) is 4.90 Å². The Bertz CT molecular complexity index is 654. The van der Waals surface area contributed by atoms with Gasteiger partial charge in [-0.05, 0) is 18.9 Å². The van der Waals surface area contributed by atoms with Crippen molar-refractivity contribution >= 4 is 21.4 Å². The highest BCUT2D eigenvalue weighted by Crippen LogP contribution is 2.33. The predicted molar refractivity (Wildman–Crippen MR) is 82.9 cm³/mol. The molecule has 0 atom stereocenters. The molecule has 0 aliphatic carbocycles. The standard InChI is InChI=1S/C13H19N3O5S/c1-21-11-3-4-12(16(17)18)13(9-11)15-7-5-10(6-8-15)14-22(2,19)20/h3-4,9-10,14H,5-8H2,1-2H3. The Kier molecular flexibility index (Phi) is 4.87. The van der Waals surface area contributed by atoms with Gasteiger partial charge in [-0.2, -0.15) is 0 Å². The summed E-state index contributed by atoms with van der Waals surface area (Å²) in [5, 5.41) is 11.2. The quantitative estimate of drug-likeness (QED) is 0.641. The smallest absolute Gasteiger partial charge is 0.292 e. The minimum absolute atomic E-state index is 0.0234. The summed E-state index contributed by atoms with van der Waals surface area (Å²) in [5.74, 6) is 0.553. The van der Waals surface area contributed by atoms with Crippen LogP contribution in [-0.2, 0) is 10.0 Å². The Morgan fingerprint density at radius 1 is 1.36 bits per heavy atom. The van der Waals surface area contributed by atoms with Crippen molar-refractivity contribution in [3.05, 3.63) is 28.3 Å². The number of methoxy groups -OCH3 is 1. The third kappa shape index (κ3) is 4.08. The van der Waals surface area contributed by atoms with Crippen molar-refractivity contribution in [2.45, 2.75) is 18.9 Å². The van der Waals surface area contributed by atoms with Gasteiger partial charge in [0.25, 0.3) is 5.69 Å². The van der Waals surface area contributed by atoms with Crippen molar-refractivity contribution in [1.29, 1.82) is 0 Å². The van der Waals surface area contributed by atoms with Crippen LogP contribution in [0.4, 0.5) is 11.4 Å². The molecular weight excluding hydrogens is 310 g/mol. The van der Waals surface area contributed by atoms with E-state index >= 15 is 0 Å². The summed E-state index contributed by atoms with van der Waals surface area (Å²) in [7, 11) is -1.73. The topological polar surface area (TPSA) is 102 Å². The number of sulfonamides is 1. The average molecular weight is 329 g/mol. The molecule has 0 amide bonds. The van der Waals surface area contributed by atoms with Crippen LogP contribution in [0.25, 0.3) is 0 Å². The summed E-state index contributed by atoms with van der Waals surface area (Å²) < 4.78 is 30.2. The van der Waals surface area contributed by atoms with Crippen LogP contribution in [0.15, 0.2) is 18.2 Å². The Balaban J connectivity index is 2.15. The first-order valence-electron chi connectivity index (χ1n) is 6.85. The lowest BCUT2D eigenvalue weighted by molar-refractivity contribution is -0.384. The minimum Gasteiger partial charge on any atom is -0.497 e. The van der Waals surface area contributed by atoms with E-state index in [-0.39, 0.29) is 11.7 Å². The zero-order valence-electron chi connectivity index (χ0n) is 12.5. The number of anilines is 1. The van der Waals surface area contributed by atoms with Crippen molar-refractivity contribution in [3.63, 3.8) is 0 Å². The number of hydrogen-bond acceptors (Lipinski definition) is 6. The van der Waals surface area contributed by atoms with Crippen LogP contribution < -0.4 is 14.4 Å². The lowest BCUT2D eigenvalue weighted by atomic mass is 10.0. The molecule has 1 N–H and O–H groups in total. The molecule has 8 nitrogen and oxygen atoms in total. The first kappa shape index (κ1) is 16.5. The Morgan fingerprint density at radius 2 is 2.00 bits per heavy atom. The predicted octanol–water partition coefficient (Wildman–Crippen LogP) is 1.12. The van der Waals surface area contributed by atoms with E-state index in [9.17, 15) is 18.5 Å². The SMILES string of the molecule is COc1ccc([N+](=O)[O-])c(N2CCC(NS(C)(=O)=O)CC2)c1. The van der Waals surface area contributed by atoms with E-state index in [0.717, 1.165) is 6.26 Å². The molecule has 1 saturated heterocycles. The molecule has 22 heavy (non-hydrogen) atoms. The highest BCUT2D eigenvalue weighted by atomic mass is 32.2. The Hall–Kier alpha value is -1.87. The maximum atomic E-state index is 11.2. The molecule has 0 radical (unpaired) electrons. The van der Waals surface area contributed by atoms with E-state index in [1.54, 1.807) is 12.1 Å². The van der Waals surface area contributed by atoms with Gasteiger partial charge in [-0.1, -0.05) is 0 Å². The largest absolute Gasteiger partial charge is 0.497 e. The summed E-state index contributed by atoms with van der Waals surface area (Å²) in [4.78, 5) is 12.6. The molecule has 122 valence electrons. The fourth-order valence-electron chi connectivity index (χ4n) is 2.58. The van der Waals surface area contributed by atoms with Crippen LogP contribution in [0.2, 0.25) is 0 Å². The molecule has 0 spiro atoms. The third-order valence-corrected chi connectivity index (χ3v) is 4.36. The van der Waals surface area contributed by atoms with Gasteiger partial charge in [0.1, 0.15) is 11.4 Å². The first-order valence-corrected chi connectivity index (χ1v) is 8.74. The van der Waals surface area contributed by atoms with Crippen molar-refractivity contribution in [1.82, 2.24) is 4.72 Å². The van der Waals surface area contributed by atoms with E-state index in [1.165, 1.54) is 13.2 Å². The van der Waals surface area contributed by atoms with Crippen LogP contribution in [-0.4, -0.2) is 45.8 Å². The number of benzene rings is 1. The zero-order valence-corrected chi connectivity index (χ0v) is 13.3. The number of nitrogens with zero attached hydrogens (tertiary/aromatic N) is 2. The van der Waals surface area contributed by atoms with Crippen LogP contribution in [0, 0.1) is 10.1 Å². The van der Waals surface area contributed by atoms with Crippen LogP contribution >= 0.6 is 0 Å². The van der Waals surface area contributed by atoms with Gasteiger partial charge in [-0.3, -0.25) is 10.1 Å². The number of nitro benzene ring substituents is 1. The van der Waals surface area contributed by atoms with Crippen molar-refractivity contribution in [2.24, 2.45) is 0 Å². The van der Waals surface area contributed by atoms with Crippen LogP contribution in [0.5, 0.6) is 5.75 Å². The highest BCUT2D eigenvalue weighted by molar-refractivity contribution is 7.88. The first-order chi connectivity index (χ1) is 10.3. The van der Waals surface area contributed by atoms with Gasteiger partial charge in [-0.15, -0.1) is 0 Å². The zero-order chi connectivity index (χ0) is 16.3. The van der Waals surface area contributed by atoms with Gasteiger partial charge in [0.2, 0.25) is 10.0 Å². The number of hydrogen-bond donors (Lipinski definition) is 1. The van der Waals surface area contributed by atoms with E-state index < -0.39 is 14.9 Å². The Labute approximate surface area is 129 Å². The number of nitrogens with one attached hydrogen (secondary N) is 1. The highest BCUT2D eigenvalue weighted by Gasteiger charge is 2.26. The van der Waals surface area contributed by atoms with E-state index in [0.29, 0.717) is 37.4 Å².